The average molecular weight is 287 g/mol. The molecule has 1 unspecified atom stereocenters. The number of aryl methyl sites for hydroxylation is 1. The molecule has 3 rings (SSSR count). The highest BCUT2D eigenvalue weighted by atomic mass is 32.1. The largest absolute Gasteiger partial charge is 0.343 e. The molecule has 2 aromatic heterocycles. The number of nitrogens with one attached hydrogen (secondary N) is 1. The summed E-state index contributed by atoms with van der Waals surface area (Å²) >= 11 is 5.35. The second-order valence-corrected chi connectivity index (χ2v) is 5.85. The quantitative estimate of drug-likeness (QED) is 0.817. The number of nitrogens with zero attached hydrogens (tertiary/aromatic N) is 4. The standard InChI is InChI=1S/C14H17N5S/c1-18(2)9-3-4-11-10(7-15)12-13(19(11)6-5-9)14(20)17-8-16-12/h8-9H,3-6H2,1-2H3,(H,16,17,20). The molecule has 0 saturated heterocycles. The summed E-state index contributed by atoms with van der Waals surface area (Å²) in [5.74, 6) is 0. The van der Waals surface area contributed by atoms with Gasteiger partial charge in [-0.05, 0) is 33.4 Å². The summed E-state index contributed by atoms with van der Waals surface area (Å²) in [7, 11) is 4.23. The van der Waals surface area contributed by atoms with Crippen LogP contribution in [-0.2, 0) is 13.0 Å². The van der Waals surface area contributed by atoms with Crippen molar-refractivity contribution in [1.82, 2.24) is 19.4 Å². The lowest BCUT2D eigenvalue weighted by Gasteiger charge is -2.22. The summed E-state index contributed by atoms with van der Waals surface area (Å²) in [6, 6.07) is 2.88. The van der Waals surface area contributed by atoms with Gasteiger partial charge in [-0.15, -0.1) is 0 Å². The van der Waals surface area contributed by atoms with Gasteiger partial charge in [-0.3, -0.25) is 0 Å². The summed E-state index contributed by atoms with van der Waals surface area (Å²) in [6.45, 7) is 0.888. The van der Waals surface area contributed by atoms with Crippen molar-refractivity contribution in [3.63, 3.8) is 0 Å². The van der Waals surface area contributed by atoms with E-state index in [0.29, 0.717) is 10.7 Å². The SMILES string of the molecule is CN(C)C1CCc2c(C#N)c3[nH]cnc(=S)c3n2CC1. The Morgan fingerprint density at radius 2 is 2.30 bits per heavy atom. The molecule has 0 fully saturated rings. The van der Waals surface area contributed by atoms with Gasteiger partial charge in [0.25, 0.3) is 0 Å². The van der Waals surface area contributed by atoms with Crippen LogP contribution in [0, 0.1) is 16.0 Å². The lowest BCUT2D eigenvalue weighted by molar-refractivity contribution is 0.264. The van der Waals surface area contributed by atoms with Crippen molar-refractivity contribution >= 4 is 23.3 Å². The highest BCUT2D eigenvalue weighted by Gasteiger charge is 2.24. The van der Waals surface area contributed by atoms with E-state index in [4.69, 9.17) is 12.2 Å². The van der Waals surface area contributed by atoms with E-state index in [0.717, 1.165) is 48.1 Å². The normalized spacial score (nSPS) is 18.8. The number of fused-ring (bicyclic) bond motifs is 3. The predicted octanol–water partition coefficient (Wildman–Crippen LogP) is 2.23. The molecule has 0 radical (unpaired) electrons. The Bertz CT molecular complexity index is 749. The topological polar surface area (TPSA) is 60.6 Å². The average Bonchev–Trinajstić information content (AvgIpc) is 2.57. The first-order valence-electron chi connectivity index (χ1n) is 6.78. The molecule has 1 aliphatic rings. The molecule has 1 aliphatic heterocycles. The zero-order chi connectivity index (χ0) is 14.3. The Balaban J connectivity index is 2.20. The van der Waals surface area contributed by atoms with Gasteiger partial charge in [0, 0.05) is 18.3 Å². The van der Waals surface area contributed by atoms with Crippen LogP contribution in [0.4, 0.5) is 0 Å². The molecule has 0 spiro atoms. The first-order valence-corrected chi connectivity index (χ1v) is 7.19. The smallest absolute Gasteiger partial charge is 0.153 e. The number of hydrogen-bond donors (Lipinski definition) is 1. The molecule has 1 N–H and O–H groups in total. The minimum absolute atomic E-state index is 0.547. The van der Waals surface area contributed by atoms with E-state index in [9.17, 15) is 5.26 Å². The molecular weight excluding hydrogens is 270 g/mol. The maximum absolute atomic E-state index is 9.49. The van der Waals surface area contributed by atoms with Crippen molar-refractivity contribution in [3.05, 3.63) is 22.2 Å². The number of hydrogen-bond acceptors (Lipinski definition) is 4. The van der Waals surface area contributed by atoms with Crippen molar-refractivity contribution in [2.45, 2.75) is 31.8 Å². The van der Waals surface area contributed by atoms with Gasteiger partial charge in [0.2, 0.25) is 0 Å². The highest BCUT2D eigenvalue weighted by molar-refractivity contribution is 7.71. The summed E-state index contributed by atoms with van der Waals surface area (Å²) in [4.78, 5) is 9.52. The van der Waals surface area contributed by atoms with Gasteiger partial charge < -0.3 is 14.5 Å². The van der Waals surface area contributed by atoms with Crippen LogP contribution in [0.5, 0.6) is 0 Å². The van der Waals surface area contributed by atoms with Crippen LogP contribution in [0.2, 0.25) is 0 Å². The number of aromatic amines is 1. The first-order chi connectivity index (χ1) is 9.63. The van der Waals surface area contributed by atoms with Gasteiger partial charge in [-0.2, -0.15) is 5.26 Å². The van der Waals surface area contributed by atoms with Gasteiger partial charge in [0.05, 0.1) is 17.4 Å². The third-order valence-electron chi connectivity index (χ3n) is 4.21. The lowest BCUT2D eigenvalue weighted by Crippen LogP contribution is -2.28. The van der Waals surface area contributed by atoms with E-state index in [1.54, 1.807) is 6.33 Å². The van der Waals surface area contributed by atoms with E-state index in [2.05, 4.69) is 39.6 Å². The number of nitriles is 1. The van der Waals surface area contributed by atoms with Gasteiger partial charge in [0.15, 0.2) is 4.64 Å². The van der Waals surface area contributed by atoms with E-state index in [1.807, 2.05) is 0 Å². The van der Waals surface area contributed by atoms with Crippen molar-refractivity contribution in [2.75, 3.05) is 14.1 Å². The van der Waals surface area contributed by atoms with Crippen molar-refractivity contribution < 1.29 is 0 Å². The molecule has 0 aliphatic carbocycles. The number of aromatic nitrogens is 3. The Morgan fingerprint density at radius 1 is 1.50 bits per heavy atom. The van der Waals surface area contributed by atoms with Crippen LogP contribution >= 0.6 is 12.2 Å². The van der Waals surface area contributed by atoms with Gasteiger partial charge in [-0.1, -0.05) is 12.2 Å². The fraction of sp³-hybridized carbons (Fsp3) is 0.500. The Kier molecular flexibility index (Phi) is 3.32. The second-order valence-electron chi connectivity index (χ2n) is 5.46. The zero-order valence-electron chi connectivity index (χ0n) is 11.7. The van der Waals surface area contributed by atoms with E-state index in [1.165, 1.54) is 0 Å². The monoisotopic (exact) mass is 287 g/mol. The molecule has 0 saturated carbocycles. The van der Waals surface area contributed by atoms with E-state index in [-0.39, 0.29) is 0 Å². The predicted molar refractivity (Wildman–Crippen MR) is 80.0 cm³/mol. The van der Waals surface area contributed by atoms with Gasteiger partial charge in [0.1, 0.15) is 11.6 Å². The van der Waals surface area contributed by atoms with Crippen molar-refractivity contribution in [2.24, 2.45) is 0 Å². The van der Waals surface area contributed by atoms with Crippen LogP contribution in [0.3, 0.4) is 0 Å². The Labute approximate surface area is 122 Å². The minimum Gasteiger partial charge on any atom is -0.343 e. The molecule has 104 valence electrons. The van der Waals surface area contributed by atoms with Crippen molar-refractivity contribution in [1.29, 1.82) is 5.26 Å². The van der Waals surface area contributed by atoms with Crippen LogP contribution in [-0.4, -0.2) is 39.6 Å². The molecule has 20 heavy (non-hydrogen) atoms. The summed E-state index contributed by atoms with van der Waals surface area (Å²) < 4.78 is 2.77. The highest BCUT2D eigenvalue weighted by Crippen LogP contribution is 2.29. The maximum Gasteiger partial charge on any atom is 0.153 e. The fourth-order valence-electron chi connectivity index (χ4n) is 3.12. The van der Waals surface area contributed by atoms with Crippen LogP contribution < -0.4 is 0 Å². The molecule has 2 aromatic rings. The molecule has 0 amide bonds. The zero-order valence-corrected chi connectivity index (χ0v) is 12.5. The third kappa shape index (κ3) is 1.94. The summed E-state index contributed by atoms with van der Waals surface area (Å²) in [6.07, 6.45) is 4.62. The van der Waals surface area contributed by atoms with Crippen LogP contribution in [0.15, 0.2) is 6.33 Å². The first kappa shape index (κ1) is 13.3. The molecule has 3 heterocycles. The van der Waals surface area contributed by atoms with E-state index >= 15 is 0 Å². The second kappa shape index (κ2) is 5.00. The van der Waals surface area contributed by atoms with Gasteiger partial charge in [-0.25, -0.2) is 4.98 Å². The van der Waals surface area contributed by atoms with Crippen molar-refractivity contribution in [3.8, 4) is 6.07 Å². The molecular formula is C14H17N5S. The summed E-state index contributed by atoms with van der Waals surface area (Å²) in [5.41, 5.74) is 3.58. The lowest BCUT2D eigenvalue weighted by atomic mass is 10.1. The molecule has 5 nitrogen and oxygen atoms in total. The van der Waals surface area contributed by atoms with E-state index < -0.39 is 0 Å². The number of rotatable bonds is 1. The fourth-order valence-corrected chi connectivity index (χ4v) is 3.38. The van der Waals surface area contributed by atoms with Crippen LogP contribution in [0.1, 0.15) is 24.1 Å². The number of H-pyrrole nitrogens is 1. The Morgan fingerprint density at radius 3 is 3.00 bits per heavy atom. The third-order valence-corrected chi connectivity index (χ3v) is 4.51. The molecule has 1 atom stereocenters. The Hall–Kier alpha value is -1.71. The molecule has 6 heteroatoms. The minimum atomic E-state index is 0.547. The summed E-state index contributed by atoms with van der Waals surface area (Å²) in [5, 5.41) is 9.49. The molecule has 0 aromatic carbocycles. The van der Waals surface area contributed by atoms with Crippen LogP contribution in [0.25, 0.3) is 11.0 Å². The van der Waals surface area contributed by atoms with Gasteiger partial charge >= 0.3 is 0 Å². The molecule has 0 bridgehead atoms. The maximum atomic E-state index is 9.49.